The second kappa shape index (κ2) is 4.46. The van der Waals surface area contributed by atoms with Crippen molar-refractivity contribution in [1.82, 2.24) is 9.78 Å². The number of aliphatic hydroxyl groups is 1. The van der Waals surface area contributed by atoms with Gasteiger partial charge in [-0.2, -0.15) is 5.10 Å². The van der Waals surface area contributed by atoms with Crippen LogP contribution in [-0.2, 0) is 6.54 Å². The summed E-state index contributed by atoms with van der Waals surface area (Å²) >= 11 is 0. The summed E-state index contributed by atoms with van der Waals surface area (Å²) in [6, 6.07) is 0. The maximum absolute atomic E-state index is 10.2. The van der Waals surface area contributed by atoms with Crippen LogP contribution in [0.2, 0.25) is 0 Å². The summed E-state index contributed by atoms with van der Waals surface area (Å²) in [5.41, 5.74) is 5.54. The van der Waals surface area contributed by atoms with Gasteiger partial charge in [-0.15, -0.1) is 0 Å². The fourth-order valence-corrected chi connectivity index (χ4v) is 1.60. The molecule has 4 nitrogen and oxygen atoms in total. The van der Waals surface area contributed by atoms with Gasteiger partial charge >= 0.3 is 0 Å². The molecule has 0 saturated heterocycles. The molecule has 1 unspecified atom stereocenters. The Hall–Kier alpha value is -1.03. The minimum absolute atomic E-state index is 0.522. The van der Waals surface area contributed by atoms with Crippen LogP contribution in [0.5, 0.6) is 0 Å². The van der Waals surface area contributed by atoms with Crippen molar-refractivity contribution in [2.24, 2.45) is 0 Å². The average molecular weight is 197 g/mol. The molecule has 0 saturated carbocycles. The highest BCUT2D eigenvalue weighted by molar-refractivity contribution is 5.30. The maximum Gasteiger partial charge on any atom is 0.0840 e. The summed E-state index contributed by atoms with van der Waals surface area (Å²) < 4.78 is 1.70. The van der Waals surface area contributed by atoms with Crippen LogP contribution >= 0.6 is 0 Å². The van der Waals surface area contributed by atoms with Gasteiger partial charge in [0.05, 0.1) is 24.0 Å². The van der Waals surface area contributed by atoms with Gasteiger partial charge in [0.15, 0.2) is 0 Å². The van der Waals surface area contributed by atoms with E-state index in [4.69, 9.17) is 5.73 Å². The molecule has 0 aliphatic heterocycles. The SMILES string of the molecule is CCCC(O)(CC)Cn1cc(N)cn1. The summed E-state index contributed by atoms with van der Waals surface area (Å²) in [7, 11) is 0. The second-order valence-electron chi connectivity index (χ2n) is 3.80. The van der Waals surface area contributed by atoms with Crippen LogP contribution in [0.4, 0.5) is 5.69 Å². The third kappa shape index (κ3) is 2.73. The lowest BCUT2D eigenvalue weighted by Gasteiger charge is -2.26. The van der Waals surface area contributed by atoms with Gasteiger partial charge in [-0.1, -0.05) is 20.3 Å². The minimum Gasteiger partial charge on any atom is -0.396 e. The normalized spacial score (nSPS) is 15.4. The van der Waals surface area contributed by atoms with Crippen LogP contribution in [0.3, 0.4) is 0 Å². The van der Waals surface area contributed by atoms with Crippen LogP contribution in [0.1, 0.15) is 33.1 Å². The molecule has 0 radical (unpaired) electrons. The van der Waals surface area contributed by atoms with E-state index in [2.05, 4.69) is 12.0 Å². The molecule has 0 fully saturated rings. The van der Waals surface area contributed by atoms with E-state index in [0.717, 1.165) is 19.3 Å². The van der Waals surface area contributed by atoms with E-state index in [0.29, 0.717) is 12.2 Å². The summed E-state index contributed by atoms with van der Waals surface area (Å²) in [5.74, 6) is 0. The number of hydrogen-bond donors (Lipinski definition) is 2. The molecular formula is C10H19N3O. The molecule has 3 N–H and O–H groups in total. The number of rotatable bonds is 5. The first-order chi connectivity index (χ1) is 6.59. The number of hydrogen-bond acceptors (Lipinski definition) is 3. The Morgan fingerprint density at radius 1 is 1.57 bits per heavy atom. The molecule has 0 aromatic carbocycles. The molecule has 1 heterocycles. The Morgan fingerprint density at radius 2 is 2.29 bits per heavy atom. The highest BCUT2D eigenvalue weighted by atomic mass is 16.3. The number of nitrogens with zero attached hydrogens (tertiary/aromatic N) is 2. The van der Waals surface area contributed by atoms with E-state index in [9.17, 15) is 5.11 Å². The molecule has 0 spiro atoms. The molecule has 4 heteroatoms. The van der Waals surface area contributed by atoms with Crippen LogP contribution in [0, 0.1) is 0 Å². The van der Waals surface area contributed by atoms with Crippen molar-refractivity contribution in [2.75, 3.05) is 5.73 Å². The first-order valence-electron chi connectivity index (χ1n) is 5.10. The number of nitrogen functional groups attached to an aromatic ring is 1. The van der Waals surface area contributed by atoms with E-state index in [1.54, 1.807) is 17.1 Å². The van der Waals surface area contributed by atoms with E-state index in [-0.39, 0.29) is 0 Å². The zero-order valence-corrected chi connectivity index (χ0v) is 8.90. The maximum atomic E-state index is 10.2. The summed E-state index contributed by atoms with van der Waals surface area (Å²) in [6.07, 6.45) is 5.85. The van der Waals surface area contributed by atoms with Gasteiger partial charge in [-0.25, -0.2) is 0 Å². The summed E-state index contributed by atoms with van der Waals surface area (Å²) in [4.78, 5) is 0. The van der Waals surface area contributed by atoms with Crippen LogP contribution < -0.4 is 5.73 Å². The van der Waals surface area contributed by atoms with E-state index < -0.39 is 5.60 Å². The molecule has 1 rings (SSSR count). The van der Waals surface area contributed by atoms with Crippen molar-refractivity contribution in [3.8, 4) is 0 Å². The Bertz CT molecular complexity index is 285. The largest absolute Gasteiger partial charge is 0.396 e. The van der Waals surface area contributed by atoms with Gasteiger partial charge in [-0.3, -0.25) is 4.68 Å². The summed E-state index contributed by atoms with van der Waals surface area (Å²) in [5, 5.41) is 14.2. The van der Waals surface area contributed by atoms with Gasteiger partial charge in [0.1, 0.15) is 0 Å². The Morgan fingerprint density at radius 3 is 2.71 bits per heavy atom. The lowest BCUT2D eigenvalue weighted by atomic mass is 9.95. The molecule has 1 atom stereocenters. The van der Waals surface area contributed by atoms with Gasteiger partial charge in [0.25, 0.3) is 0 Å². The van der Waals surface area contributed by atoms with Crippen LogP contribution in [0.25, 0.3) is 0 Å². The fourth-order valence-electron chi connectivity index (χ4n) is 1.60. The van der Waals surface area contributed by atoms with Crippen LogP contribution in [0.15, 0.2) is 12.4 Å². The van der Waals surface area contributed by atoms with Gasteiger partial charge in [0.2, 0.25) is 0 Å². The van der Waals surface area contributed by atoms with Crippen molar-refractivity contribution >= 4 is 5.69 Å². The molecule has 0 aliphatic rings. The molecule has 1 aromatic heterocycles. The van der Waals surface area contributed by atoms with Crippen molar-refractivity contribution in [3.63, 3.8) is 0 Å². The lowest BCUT2D eigenvalue weighted by molar-refractivity contribution is 0.00671. The van der Waals surface area contributed by atoms with Crippen molar-refractivity contribution in [1.29, 1.82) is 0 Å². The Labute approximate surface area is 84.7 Å². The van der Waals surface area contributed by atoms with E-state index in [1.807, 2.05) is 6.92 Å². The predicted molar refractivity (Wildman–Crippen MR) is 56.8 cm³/mol. The Kier molecular flexibility index (Phi) is 3.52. The first-order valence-corrected chi connectivity index (χ1v) is 5.10. The molecular weight excluding hydrogens is 178 g/mol. The van der Waals surface area contributed by atoms with E-state index >= 15 is 0 Å². The third-order valence-corrected chi connectivity index (χ3v) is 2.48. The smallest absolute Gasteiger partial charge is 0.0840 e. The van der Waals surface area contributed by atoms with Gasteiger partial charge in [0, 0.05) is 6.20 Å². The van der Waals surface area contributed by atoms with Crippen LogP contribution in [-0.4, -0.2) is 20.5 Å². The van der Waals surface area contributed by atoms with Gasteiger partial charge < -0.3 is 10.8 Å². The highest BCUT2D eigenvalue weighted by Crippen LogP contribution is 2.19. The first kappa shape index (κ1) is 11.0. The molecule has 0 amide bonds. The monoisotopic (exact) mass is 197 g/mol. The van der Waals surface area contributed by atoms with Crippen molar-refractivity contribution < 1.29 is 5.11 Å². The second-order valence-corrected chi connectivity index (χ2v) is 3.80. The van der Waals surface area contributed by atoms with E-state index in [1.165, 1.54) is 0 Å². The summed E-state index contributed by atoms with van der Waals surface area (Å²) in [6.45, 7) is 4.58. The zero-order valence-electron chi connectivity index (χ0n) is 8.90. The average Bonchev–Trinajstić information content (AvgIpc) is 2.51. The fraction of sp³-hybridized carbons (Fsp3) is 0.700. The minimum atomic E-state index is -0.646. The molecule has 0 bridgehead atoms. The third-order valence-electron chi connectivity index (χ3n) is 2.48. The van der Waals surface area contributed by atoms with Crippen molar-refractivity contribution in [2.45, 2.75) is 45.3 Å². The standard InChI is InChI=1S/C10H19N3O/c1-3-5-10(14,4-2)8-13-7-9(11)6-12-13/h6-7,14H,3-5,8,11H2,1-2H3. The Balaban J connectivity index is 2.64. The number of aromatic nitrogens is 2. The van der Waals surface area contributed by atoms with Gasteiger partial charge in [-0.05, 0) is 12.8 Å². The molecule has 80 valence electrons. The highest BCUT2D eigenvalue weighted by Gasteiger charge is 2.24. The van der Waals surface area contributed by atoms with Crippen molar-refractivity contribution in [3.05, 3.63) is 12.4 Å². The quantitative estimate of drug-likeness (QED) is 0.750. The topological polar surface area (TPSA) is 64.1 Å². The molecule has 0 aliphatic carbocycles. The molecule has 14 heavy (non-hydrogen) atoms. The predicted octanol–water partition coefficient (Wildman–Crippen LogP) is 1.41. The zero-order chi connectivity index (χ0) is 10.6. The lowest BCUT2D eigenvalue weighted by Crippen LogP contribution is -2.33. The molecule has 1 aromatic rings. The number of anilines is 1. The number of nitrogens with two attached hydrogens (primary N) is 1.